The lowest BCUT2D eigenvalue weighted by atomic mass is 10.1. The molecule has 0 aliphatic carbocycles. The van der Waals surface area contributed by atoms with E-state index in [4.69, 9.17) is 15.9 Å². The Balaban J connectivity index is 2.78. The van der Waals surface area contributed by atoms with Crippen molar-refractivity contribution in [2.24, 2.45) is 0 Å². The number of H-pyrrole nitrogens is 1. The second-order valence-electron chi connectivity index (χ2n) is 2.48. The number of hydrogen-bond donors (Lipinski definition) is 5. The normalized spacial score (nSPS) is 15.2. The Kier molecular flexibility index (Phi) is 2.49. The van der Waals surface area contributed by atoms with Crippen LogP contribution < -0.4 is 5.73 Å². The van der Waals surface area contributed by atoms with Gasteiger partial charge in [-0.3, -0.25) is 5.10 Å². The third-order valence-electron chi connectivity index (χ3n) is 1.49. The number of nitrogens with zero attached hydrogens (tertiary/aromatic N) is 1. The maximum Gasteiger partial charge on any atom is 0.335 e. The van der Waals surface area contributed by atoms with Crippen LogP contribution in [-0.4, -0.2) is 37.6 Å². The molecule has 2 unspecified atom stereocenters. The largest absolute Gasteiger partial charge is 0.479 e. The predicted octanol–water partition coefficient (Wildman–Crippen LogP) is -1.53. The summed E-state index contributed by atoms with van der Waals surface area (Å²) in [6, 6.07) is 1.25. The van der Waals surface area contributed by atoms with Crippen molar-refractivity contribution in [1.82, 2.24) is 10.2 Å². The number of hydrogen-bond acceptors (Lipinski definition) is 5. The summed E-state index contributed by atoms with van der Waals surface area (Å²) < 4.78 is 0. The fraction of sp³-hybridized carbons (Fsp3) is 0.333. The molecule has 1 heterocycles. The number of nitrogen functional groups attached to an aromatic ring is 1. The highest BCUT2D eigenvalue weighted by molar-refractivity contribution is 5.72. The van der Waals surface area contributed by atoms with Crippen LogP contribution in [0.4, 0.5) is 5.82 Å². The molecule has 0 amide bonds. The number of carboxylic acids is 1. The van der Waals surface area contributed by atoms with Gasteiger partial charge in [0.1, 0.15) is 11.9 Å². The number of carboxylic acid groups (broad SMARTS) is 1. The van der Waals surface area contributed by atoms with Crippen molar-refractivity contribution >= 4 is 11.8 Å². The van der Waals surface area contributed by atoms with Gasteiger partial charge in [0.2, 0.25) is 0 Å². The monoisotopic (exact) mass is 187 g/mol. The van der Waals surface area contributed by atoms with Gasteiger partial charge in [-0.05, 0) is 0 Å². The molecule has 0 aliphatic rings. The molecule has 0 spiro atoms. The second-order valence-corrected chi connectivity index (χ2v) is 2.48. The molecule has 1 rings (SSSR count). The molecular weight excluding hydrogens is 178 g/mol. The molecule has 7 heteroatoms. The molecule has 1 aromatic rings. The van der Waals surface area contributed by atoms with Crippen molar-refractivity contribution in [3.8, 4) is 0 Å². The van der Waals surface area contributed by atoms with E-state index in [9.17, 15) is 9.90 Å². The topological polar surface area (TPSA) is 132 Å². The van der Waals surface area contributed by atoms with Crippen LogP contribution in [-0.2, 0) is 4.79 Å². The summed E-state index contributed by atoms with van der Waals surface area (Å²) in [5, 5.41) is 32.2. The second kappa shape index (κ2) is 3.42. The van der Waals surface area contributed by atoms with Crippen LogP contribution in [0.3, 0.4) is 0 Å². The summed E-state index contributed by atoms with van der Waals surface area (Å²) in [6.07, 6.45) is -3.44. The fourth-order valence-electron chi connectivity index (χ4n) is 0.810. The Morgan fingerprint density at radius 3 is 2.62 bits per heavy atom. The number of aromatic nitrogens is 2. The number of aliphatic hydroxyl groups excluding tert-OH is 2. The van der Waals surface area contributed by atoms with Gasteiger partial charge in [0.25, 0.3) is 0 Å². The smallest absolute Gasteiger partial charge is 0.335 e. The van der Waals surface area contributed by atoms with Crippen molar-refractivity contribution in [2.45, 2.75) is 12.2 Å². The molecule has 0 aromatic carbocycles. The van der Waals surface area contributed by atoms with Gasteiger partial charge in [0, 0.05) is 6.07 Å². The first kappa shape index (κ1) is 9.49. The van der Waals surface area contributed by atoms with E-state index in [1.54, 1.807) is 0 Å². The number of aromatic amines is 1. The highest BCUT2D eigenvalue weighted by Crippen LogP contribution is 2.15. The van der Waals surface area contributed by atoms with E-state index in [0.29, 0.717) is 0 Å². The number of aliphatic carboxylic acids is 1. The summed E-state index contributed by atoms with van der Waals surface area (Å²) in [5.41, 5.74) is 5.27. The molecule has 13 heavy (non-hydrogen) atoms. The first-order valence-corrected chi connectivity index (χ1v) is 3.42. The minimum absolute atomic E-state index is 0.0624. The number of anilines is 1. The number of nitrogens with two attached hydrogens (primary N) is 1. The Morgan fingerprint density at radius 2 is 2.23 bits per heavy atom. The third kappa shape index (κ3) is 1.95. The van der Waals surface area contributed by atoms with E-state index in [-0.39, 0.29) is 11.5 Å². The quantitative estimate of drug-likeness (QED) is 0.390. The van der Waals surface area contributed by atoms with E-state index in [0.717, 1.165) is 0 Å². The average molecular weight is 187 g/mol. The lowest BCUT2D eigenvalue weighted by molar-refractivity contribution is -0.153. The Morgan fingerprint density at radius 1 is 1.62 bits per heavy atom. The van der Waals surface area contributed by atoms with Gasteiger partial charge in [-0.2, -0.15) is 5.10 Å². The molecule has 72 valence electrons. The Hall–Kier alpha value is -1.60. The van der Waals surface area contributed by atoms with Gasteiger partial charge >= 0.3 is 5.97 Å². The number of rotatable bonds is 3. The van der Waals surface area contributed by atoms with Crippen LogP contribution >= 0.6 is 0 Å². The molecule has 0 fully saturated rings. The van der Waals surface area contributed by atoms with E-state index in [1.807, 2.05) is 0 Å². The summed E-state index contributed by atoms with van der Waals surface area (Å²) in [6.45, 7) is 0. The van der Waals surface area contributed by atoms with Gasteiger partial charge in [-0.1, -0.05) is 0 Å². The zero-order chi connectivity index (χ0) is 10.0. The average Bonchev–Trinajstić information content (AvgIpc) is 2.49. The van der Waals surface area contributed by atoms with Crippen LogP contribution in [0, 0.1) is 0 Å². The van der Waals surface area contributed by atoms with Crippen molar-refractivity contribution in [3.05, 3.63) is 11.8 Å². The first-order chi connectivity index (χ1) is 6.02. The van der Waals surface area contributed by atoms with Gasteiger partial charge < -0.3 is 21.1 Å². The zero-order valence-corrected chi connectivity index (χ0v) is 6.51. The molecule has 7 nitrogen and oxygen atoms in total. The number of nitrogens with one attached hydrogen (secondary N) is 1. The lowest BCUT2D eigenvalue weighted by Gasteiger charge is -2.10. The molecule has 1 aromatic heterocycles. The maximum atomic E-state index is 10.2. The van der Waals surface area contributed by atoms with E-state index < -0.39 is 18.2 Å². The first-order valence-electron chi connectivity index (χ1n) is 3.42. The summed E-state index contributed by atoms with van der Waals surface area (Å²) >= 11 is 0. The van der Waals surface area contributed by atoms with E-state index in [1.165, 1.54) is 6.07 Å². The van der Waals surface area contributed by atoms with Crippen LogP contribution in [0.2, 0.25) is 0 Å². The van der Waals surface area contributed by atoms with Crippen molar-refractivity contribution < 1.29 is 20.1 Å². The fourth-order valence-corrected chi connectivity index (χ4v) is 0.810. The summed E-state index contributed by atoms with van der Waals surface area (Å²) in [7, 11) is 0. The Labute approximate surface area is 72.8 Å². The zero-order valence-electron chi connectivity index (χ0n) is 6.51. The number of carbonyl (C=O) groups is 1. The van der Waals surface area contributed by atoms with Crippen LogP contribution in [0.25, 0.3) is 0 Å². The van der Waals surface area contributed by atoms with Crippen LogP contribution in [0.15, 0.2) is 6.07 Å². The standard InChI is InChI=1S/C6H9N3O4/c7-3-1-2(8-9-3)4(10)5(11)6(12)13/h1,4-5,10-11H,(H,12,13)(H3,7,8,9). The molecule has 0 saturated carbocycles. The molecular formula is C6H9N3O4. The number of aliphatic hydroxyl groups is 2. The molecule has 0 aliphatic heterocycles. The Bertz CT molecular complexity index is 311. The predicted molar refractivity (Wildman–Crippen MR) is 41.6 cm³/mol. The van der Waals surface area contributed by atoms with Crippen LogP contribution in [0.1, 0.15) is 11.8 Å². The van der Waals surface area contributed by atoms with E-state index in [2.05, 4.69) is 10.2 Å². The molecule has 0 bridgehead atoms. The van der Waals surface area contributed by atoms with Crippen molar-refractivity contribution in [2.75, 3.05) is 5.73 Å². The minimum atomic E-state index is -1.89. The minimum Gasteiger partial charge on any atom is -0.479 e. The third-order valence-corrected chi connectivity index (χ3v) is 1.49. The van der Waals surface area contributed by atoms with E-state index >= 15 is 0 Å². The van der Waals surface area contributed by atoms with Crippen molar-refractivity contribution in [1.29, 1.82) is 0 Å². The van der Waals surface area contributed by atoms with Gasteiger partial charge in [0.15, 0.2) is 6.10 Å². The summed E-state index contributed by atoms with van der Waals surface area (Å²) in [4.78, 5) is 10.2. The highest BCUT2D eigenvalue weighted by Gasteiger charge is 2.26. The SMILES string of the molecule is Nc1cc(C(O)C(O)C(=O)O)[nH]n1. The van der Waals surface area contributed by atoms with Gasteiger partial charge in [-0.25, -0.2) is 4.79 Å². The summed E-state index contributed by atoms with van der Waals surface area (Å²) in [5.74, 6) is -1.40. The van der Waals surface area contributed by atoms with Crippen molar-refractivity contribution in [3.63, 3.8) is 0 Å². The maximum absolute atomic E-state index is 10.2. The molecule has 0 saturated heterocycles. The van der Waals surface area contributed by atoms with Gasteiger partial charge in [0.05, 0.1) is 5.69 Å². The lowest BCUT2D eigenvalue weighted by Crippen LogP contribution is -2.27. The molecule has 6 N–H and O–H groups in total. The highest BCUT2D eigenvalue weighted by atomic mass is 16.4. The van der Waals surface area contributed by atoms with Gasteiger partial charge in [-0.15, -0.1) is 0 Å². The van der Waals surface area contributed by atoms with Crippen LogP contribution in [0.5, 0.6) is 0 Å². The molecule has 2 atom stereocenters. The molecule has 0 radical (unpaired) electrons.